The summed E-state index contributed by atoms with van der Waals surface area (Å²) in [4.78, 5) is 20.4. The lowest BCUT2D eigenvalue weighted by Crippen LogP contribution is -2.45. The van der Waals surface area contributed by atoms with Gasteiger partial charge in [-0.15, -0.1) is 0 Å². The van der Waals surface area contributed by atoms with Gasteiger partial charge in [-0.25, -0.2) is 0 Å². The van der Waals surface area contributed by atoms with E-state index in [0.717, 1.165) is 5.56 Å². The summed E-state index contributed by atoms with van der Waals surface area (Å²) < 4.78 is 10.2. The lowest BCUT2D eigenvalue weighted by Gasteiger charge is -2.20. The van der Waals surface area contributed by atoms with Crippen LogP contribution in [0.1, 0.15) is 25.8 Å². The summed E-state index contributed by atoms with van der Waals surface area (Å²) in [6, 6.07) is 2.40. The van der Waals surface area contributed by atoms with E-state index < -0.39 is 12.1 Å². The van der Waals surface area contributed by atoms with Crippen LogP contribution in [0.3, 0.4) is 0 Å². The third-order valence-corrected chi connectivity index (χ3v) is 3.29. The number of ether oxygens (including phenoxy) is 1. The Hall–Kier alpha value is -2.32. The maximum absolute atomic E-state index is 12.1. The van der Waals surface area contributed by atoms with Crippen LogP contribution in [0.2, 0.25) is 0 Å². The summed E-state index contributed by atoms with van der Waals surface area (Å²) in [5.41, 5.74) is 6.53. The van der Waals surface area contributed by atoms with Crippen LogP contribution in [0.15, 0.2) is 29.0 Å². The van der Waals surface area contributed by atoms with Crippen molar-refractivity contribution in [1.82, 2.24) is 20.4 Å². The molecule has 0 aliphatic heterocycles. The molecule has 0 radical (unpaired) electrons. The molecular weight excluding hydrogens is 298 g/mol. The first-order valence-corrected chi connectivity index (χ1v) is 7.31. The Morgan fingerprint density at radius 3 is 2.70 bits per heavy atom. The van der Waals surface area contributed by atoms with Crippen molar-refractivity contribution in [1.29, 1.82) is 0 Å². The normalized spacial score (nSPS) is 13.8. The number of hydrogen-bond acceptors (Lipinski definition) is 7. The molecule has 2 aromatic rings. The van der Waals surface area contributed by atoms with Gasteiger partial charge in [0.15, 0.2) is 0 Å². The quantitative estimate of drug-likeness (QED) is 0.779. The van der Waals surface area contributed by atoms with Gasteiger partial charge in [0.1, 0.15) is 12.1 Å². The number of rotatable bonds is 7. The minimum absolute atomic E-state index is 0.0550. The van der Waals surface area contributed by atoms with Crippen LogP contribution >= 0.6 is 0 Å². The summed E-state index contributed by atoms with van der Waals surface area (Å²) >= 11 is 0. The SMILES string of the molecule is COCC(N)C(=O)NC(c1nc(-c2ccncc2)no1)C(C)C. The zero-order valence-electron chi connectivity index (χ0n) is 13.4. The highest BCUT2D eigenvalue weighted by Crippen LogP contribution is 2.23. The second kappa shape index (κ2) is 7.80. The molecule has 0 aliphatic rings. The van der Waals surface area contributed by atoms with Crippen LogP contribution < -0.4 is 11.1 Å². The molecule has 0 fully saturated rings. The van der Waals surface area contributed by atoms with Crippen LogP contribution in [0.4, 0.5) is 0 Å². The van der Waals surface area contributed by atoms with Gasteiger partial charge in [-0.1, -0.05) is 19.0 Å². The Morgan fingerprint density at radius 2 is 2.09 bits per heavy atom. The zero-order valence-corrected chi connectivity index (χ0v) is 13.4. The number of nitrogens with two attached hydrogens (primary N) is 1. The highest BCUT2D eigenvalue weighted by Gasteiger charge is 2.26. The predicted molar refractivity (Wildman–Crippen MR) is 83.1 cm³/mol. The Labute approximate surface area is 134 Å². The molecule has 0 aliphatic carbocycles. The van der Waals surface area contributed by atoms with Crippen molar-refractivity contribution in [2.45, 2.75) is 25.9 Å². The summed E-state index contributed by atoms with van der Waals surface area (Å²) in [5.74, 6) is 0.516. The fourth-order valence-electron chi connectivity index (χ4n) is 2.01. The zero-order chi connectivity index (χ0) is 16.8. The largest absolute Gasteiger partial charge is 0.383 e. The van der Waals surface area contributed by atoms with Crippen molar-refractivity contribution in [3.63, 3.8) is 0 Å². The highest BCUT2D eigenvalue weighted by molar-refractivity contribution is 5.82. The fraction of sp³-hybridized carbons (Fsp3) is 0.467. The van der Waals surface area contributed by atoms with Gasteiger partial charge in [0.2, 0.25) is 17.6 Å². The summed E-state index contributed by atoms with van der Waals surface area (Å²) in [5, 5.41) is 6.79. The number of hydrogen-bond donors (Lipinski definition) is 2. The Bertz CT molecular complexity index is 629. The smallest absolute Gasteiger partial charge is 0.249 e. The first kappa shape index (κ1) is 17.0. The second-order valence-electron chi connectivity index (χ2n) is 5.48. The van der Waals surface area contributed by atoms with Crippen molar-refractivity contribution >= 4 is 5.91 Å². The number of methoxy groups -OCH3 is 1. The number of pyridine rings is 1. The van der Waals surface area contributed by atoms with Crippen LogP contribution in [-0.4, -0.2) is 40.8 Å². The molecule has 2 unspecified atom stereocenters. The molecule has 2 rings (SSSR count). The van der Waals surface area contributed by atoms with Crippen LogP contribution in [0, 0.1) is 5.92 Å². The first-order valence-electron chi connectivity index (χ1n) is 7.31. The van der Waals surface area contributed by atoms with Gasteiger partial charge < -0.3 is 20.3 Å². The van der Waals surface area contributed by atoms with E-state index in [2.05, 4.69) is 20.4 Å². The van der Waals surface area contributed by atoms with E-state index in [1.165, 1.54) is 7.11 Å². The summed E-state index contributed by atoms with van der Waals surface area (Å²) in [7, 11) is 1.49. The highest BCUT2D eigenvalue weighted by atomic mass is 16.5. The molecule has 0 saturated heterocycles. The third-order valence-electron chi connectivity index (χ3n) is 3.29. The summed E-state index contributed by atoms with van der Waals surface area (Å²) in [6.45, 7) is 4.04. The summed E-state index contributed by atoms with van der Waals surface area (Å²) in [6.07, 6.45) is 3.30. The van der Waals surface area contributed by atoms with Crippen molar-refractivity contribution < 1.29 is 14.1 Å². The van der Waals surface area contributed by atoms with Gasteiger partial charge in [-0.3, -0.25) is 9.78 Å². The lowest BCUT2D eigenvalue weighted by molar-refractivity contribution is -0.124. The number of carbonyl (C=O) groups excluding carboxylic acids is 1. The Balaban J connectivity index is 2.16. The number of amides is 1. The molecule has 1 amide bonds. The maximum atomic E-state index is 12.1. The topological polar surface area (TPSA) is 116 Å². The van der Waals surface area contributed by atoms with Crippen molar-refractivity contribution in [3.05, 3.63) is 30.4 Å². The van der Waals surface area contributed by atoms with Crippen molar-refractivity contribution in [2.24, 2.45) is 11.7 Å². The minimum Gasteiger partial charge on any atom is -0.383 e. The van der Waals surface area contributed by atoms with Gasteiger partial charge in [0.05, 0.1) is 6.61 Å². The van der Waals surface area contributed by atoms with Crippen LogP contribution in [0.5, 0.6) is 0 Å². The molecule has 3 N–H and O–H groups in total. The molecule has 8 heteroatoms. The Morgan fingerprint density at radius 1 is 1.39 bits per heavy atom. The van der Waals surface area contributed by atoms with E-state index in [9.17, 15) is 4.79 Å². The van der Waals surface area contributed by atoms with E-state index in [4.69, 9.17) is 15.0 Å². The van der Waals surface area contributed by atoms with Gasteiger partial charge >= 0.3 is 0 Å². The molecule has 23 heavy (non-hydrogen) atoms. The van der Waals surface area contributed by atoms with Gasteiger partial charge in [-0.05, 0) is 18.1 Å². The van der Waals surface area contributed by atoms with Gasteiger partial charge in [-0.2, -0.15) is 4.98 Å². The number of carbonyl (C=O) groups is 1. The molecule has 2 atom stereocenters. The fourth-order valence-corrected chi connectivity index (χ4v) is 2.01. The second-order valence-corrected chi connectivity index (χ2v) is 5.48. The molecule has 2 heterocycles. The molecule has 0 bridgehead atoms. The van der Waals surface area contributed by atoms with Crippen molar-refractivity contribution in [3.8, 4) is 11.4 Å². The van der Waals surface area contributed by atoms with Crippen LogP contribution in [-0.2, 0) is 9.53 Å². The van der Waals surface area contributed by atoms with Gasteiger partial charge in [0.25, 0.3) is 0 Å². The van der Waals surface area contributed by atoms with Crippen LogP contribution in [0.25, 0.3) is 11.4 Å². The van der Waals surface area contributed by atoms with E-state index >= 15 is 0 Å². The molecular formula is C15H21N5O3. The number of nitrogens with one attached hydrogen (secondary N) is 1. The maximum Gasteiger partial charge on any atom is 0.249 e. The molecule has 2 aromatic heterocycles. The molecule has 0 spiro atoms. The predicted octanol–water partition coefficient (Wildman–Crippen LogP) is 0.919. The minimum atomic E-state index is -0.746. The molecule has 0 saturated carbocycles. The monoisotopic (exact) mass is 319 g/mol. The van der Waals surface area contributed by atoms with Crippen molar-refractivity contribution in [2.75, 3.05) is 13.7 Å². The van der Waals surface area contributed by atoms with E-state index in [-0.39, 0.29) is 18.4 Å². The number of aromatic nitrogens is 3. The van der Waals surface area contributed by atoms with E-state index in [1.54, 1.807) is 24.5 Å². The molecule has 8 nitrogen and oxygen atoms in total. The van der Waals surface area contributed by atoms with Gasteiger partial charge in [0, 0.05) is 25.1 Å². The van der Waals surface area contributed by atoms with E-state index in [0.29, 0.717) is 11.7 Å². The lowest BCUT2D eigenvalue weighted by atomic mass is 10.0. The molecule has 0 aromatic carbocycles. The standard InChI is InChI=1S/C15H21N5O3/c1-9(2)12(18-14(21)11(16)8-22-3)15-19-13(20-23-15)10-4-6-17-7-5-10/h4-7,9,11-12H,8,16H2,1-3H3,(H,18,21). The first-order chi connectivity index (χ1) is 11.0. The number of nitrogens with zero attached hydrogens (tertiary/aromatic N) is 3. The third kappa shape index (κ3) is 4.33. The average molecular weight is 319 g/mol. The van der Waals surface area contributed by atoms with E-state index in [1.807, 2.05) is 13.8 Å². The molecule has 124 valence electrons. The Kier molecular flexibility index (Phi) is 5.78. The average Bonchev–Trinajstić information content (AvgIpc) is 3.02.